The van der Waals surface area contributed by atoms with Crippen LogP contribution in [0.1, 0.15) is 24.0 Å². The average Bonchev–Trinajstić information content (AvgIpc) is 2.70. The second kappa shape index (κ2) is 7.35. The van der Waals surface area contributed by atoms with Gasteiger partial charge in [0, 0.05) is 18.8 Å². The standard InChI is InChI=1S/C22H24N4O/c1-15-9-10-18(12-16(15)2)24-22(27)17-6-5-11-26(14-17)21-13-23-19-7-3-4-8-20(19)25-21/h3-4,7-10,12-13,17H,5-6,11,14H2,1-2H3,(H,24,27)/t17-/m1/s1. The predicted molar refractivity (Wildman–Crippen MR) is 109 cm³/mol. The van der Waals surface area contributed by atoms with Crippen LogP contribution in [0.15, 0.2) is 48.7 Å². The third kappa shape index (κ3) is 3.77. The van der Waals surface area contributed by atoms with Crippen LogP contribution in [0, 0.1) is 19.8 Å². The molecule has 1 fully saturated rings. The number of nitrogens with zero attached hydrogens (tertiary/aromatic N) is 3. The number of benzene rings is 2. The molecule has 1 atom stereocenters. The van der Waals surface area contributed by atoms with Crippen LogP contribution in [-0.2, 0) is 4.79 Å². The molecule has 5 heteroatoms. The highest BCUT2D eigenvalue weighted by molar-refractivity contribution is 5.93. The van der Waals surface area contributed by atoms with E-state index < -0.39 is 0 Å². The number of fused-ring (bicyclic) bond motifs is 1. The zero-order valence-corrected chi connectivity index (χ0v) is 15.8. The van der Waals surface area contributed by atoms with Gasteiger partial charge in [0.2, 0.25) is 5.91 Å². The van der Waals surface area contributed by atoms with Gasteiger partial charge in [-0.15, -0.1) is 0 Å². The van der Waals surface area contributed by atoms with Gasteiger partial charge in [-0.25, -0.2) is 4.98 Å². The van der Waals surface area contributed by atoms with Crippen molar-refractivity contribution >= 4 is 28.4 Å². The molecule has 1 N–H and O–H groups in total. The van der Waals surface area contributed by atoms with E-state index in [9.17, 15) is 4.79 Å². The highest BCUT2D eigenvalue weighted by atomic mass is 16.1. The van der Waals surface area contributed by atoms with Crippen LogP contribution >= 0.6 is 0 Å². The van der Waals surface area contributed by atoms with E-state index in [0.717, 1.165) is 41.9 Å². The highest BCUT2D eigenvalue weighted by Gasteiger charge is 2.27. The Morgan fingerprint density at radius 1 is 1.11 bits per heavy atom. The smallest absolute Gasteiger partial charge is 0.229 e. The Hall–Kier alpha value is -2.95. The maximum Gasteiger partial charge on any atom is 0.229 e. The molecule has 1 aliphatic heterocycles. The fourth-order valence-electron chi connectivity index (χ4n) is 3.56. The number of para-hydroxylation sites is 2. The minimum Gasteiger partial charge on any atom is -0.355 e. The van der Waals surface area contributed by atoms with Gasteiger partial charge in [0.1, 0.15) is 5.82 Å². The Morgan fingerprint density at radius 2 is 1.93 bits per heavy atom. The number of carbonyl (C=O) groups is 1. The van der Waals surface area contributed by atoms with E-state index in [0.29, 0.717) is 6.54 Å². The summed E-state index contributed by atoms with van der Waals surface area (Å²) in [6.07, 6.45) is 3.68. The number of amides is 1. The number of aryl methyl sites for hydroxylation is 2. The summed E-state index contributed by atoms with van der Waals surface area (Å²) in [6.45, 7) is 5.71. The Balaban J connectivity index is 1.48. The van der Waals surface area contributed by atoms with Crippen LogP contribution in [0.3, 0.4) is 0 Å². The molecular formula is C22H24N4O. The van der Waals surface area contributed by atoms with Crippen LogP contribution in [-0.4, -0.2) is 29.0 Å². The van der Waals surface area contributed by atoms with E-state index in [2.05, 4.69) is 29.0 Å². The summed E-state index contributed by atoms with van der Waals surface area (Å²) in [7, 11) is 0. The maximum absolute atomic E-state index is 12.8. The van der Waals surface area contributed by atoms with Crippen LogP contribution in [0.2, 0.25) is 0 Å². The number of carbonyl (C=O) groups excluding carboxylic acids is 1. The van der Waals surface area contributed by atoms with E-state index in [1.807, 2.05) is 48.7 Å². The van der Waals surface area contributed by atoms with Crippen LogP contribution in [0.5, 0.6) is 0 Å². The Bertz CT molecular complexity index is 985. The molecule has 2 heterocycles. The number of anilines is 2. The van der Waals surface area contributed by atoms with Crippen molar-refractivity contribution < 1.29 is 4.79 Å². The molecule has 27 heavy (non-hydrogen) atoms. The van der Waals surface area contributed by atoms with Crippen LogP contribution in [0.25, 0.3) is 11.0 Å². The molecule has 0 aliphatic carbocycles. The van der Waals surface area contributed by atoms with Gasteiger partial charge in [-0.1, -0.05) is 18.2 Å². The summed E-state index contributed by atoms with van der Waals surface area (Å²) < 4.78 is 0. The lowest BCUT2D eigenvalue weighted by Gasteiger charge is -2.32. The topological polar surface area (TPSA) is 58.1 Å². The maximum atomic E-state index is 12.8. The zero-order valence-electron chi connectivity index (χ0n) is 15.8. The lowest BCUT2D eigenvalue weighted by molar-refractivity contribution is -0.120. The fraction of sp³-hybridized carbons (Fsp3) is 0.318. The number of aromatic nitrogens is 2. The minimum absolute atomic E-state index is 0.0476. The normalized spacial score (nSPS) is 17.1. The van der Waals surface area contributed by atoms with E-state index >= 15 is 0 Å². The highest BCUT2D eigenvalue weighted by Crippen LogP contribution is 2.24. The Labute approximate surface area is 159 Å². The monoisotopic (exact) mass is 360 g/mol. The summed E-state index contributed by atoms with van der Waals surface area (Å²) in [5.74, 6) is 0.878. The van der Waals surface area contributed by atoms with Gasteiger partial charge in [0.05, 0.1) is 23.1 Å². The van der Waals surface area contributed by atoms with Crippen LogP contribution < -0.4 is 10.2 Å². The second-order valence-electron chi connectivity index (χ2n) is 7.29. The summed E-state index contributed by atoms with van der Waals surface area (Å²) >= 11 is 0. The molecule has 0 unspecified atom stereocenters. The third-order valence-electron chi connectivity index (χ3n) is 5.33. The Morgan fingerprint density at radius 3 is 2.74 bits per heavy atom. The SMILES string of the molecule is Cc1ccc(NC(=O)[C@@H]2CCCN(c3cnc4ccccc4n3)C2)cc1C. The quantitative estimate of drug-likeness (QED) is 0.764. The largest absolute Gasteiger partial charge is 0.355 e. The molecule has 1 amide bonds. The van der Waals surface area contributed by atoms with Crippen molar-refractivity contribution in [3.8, 4) is 0 Å². The first-order valence-electron chi connectivity index (χ1n) is 9.45. The molecule has 5 nitrogen and oxygen atoms in total. The van der Waals surface area contributed by atoms with Gasteiger partial charge in [-0.2, -0.15) is 0 Å². The molecule has 0 bridgehead atoms. The van der Waals surface area contributed by atoms with Crippen molar-refractivity contribution in [1.82, 2.24) is 9.97 Å². The van der Waals surface area contributed by atoms with E-state index in [4.69, 9.17) is 4.98 Å². The van der Waals surface area contributed by atoms with Crippen molar-refractivity contribution in [3.05, 3.63) is 59.8 Å². The van der Waals surface area contributed by atoms with Gasteiger partial charge in [-0.05, 0) is 62.1 Å². The molecule has 1 aliphatic rings. The first-order valence-corrected chi connectivity index (χ1v) is 9.45. The number of piperidine rings is 1. The van der Waals surface area contributed by atoms with Gasteiger partial charge in [-0.3, -0.25) is 9.78 Å². The number of hydrogen-bond acceptors (Lipinski definition) is 4. The van der Waals surface area contributed by atoms with Gasteiger partial charge in [0.15, 0.2) is 0 Å². The van der Waals surface area contributed by atoms with Gasteiger partial charge < -0.3 is 10.2 Å². The summed E-state index contributed by atoms with van der Waals surface area (Å²) in [5.41, 5.74) is 5.06. The molecule has 3 aromatic rings. The summed E-state index contributed by atoms with van der Waals surface area (Å²) in [6, 6.07) is 13.9. The van der Waals surface area contributed by atoms with Crippen molar-refractivity contribution in [1.29, 1.82) is 0 Å². The second-order valence-corrected chi connectivity index (χ2v) is 7.29. The van der Waals surface area contributed by atoms with Crippen molar-refractivity contribution in [2.45, 2.75) is 26.7 Å². The first-order chi connectivity index (χ1) is 13.1. The summed E-state index contributed by atoms with van der Waals surface area (Å²) in [4.78, 5) is 24.2. The molecule has 0 saturated carbocycles. The van der Waals surface area contributed by atoms with Crippen molar-refractivity contribution in [2.24, 2.45) is 5.92 Å². The van der Waals surface area contributed by atoms with Crippen LogP contribution in [0.4, 0.5) is 11.5 Å². The summed E-state index contributed by atoms with van der Waals surface area (Å²) in [5, 5.41) is 3.08. The van der Waals surface area contributed by atoms with Crippen molar-refractivity contribution in [2.75, 3.05) is 23.3 Å². The first kappa shape index (κ1) is 17.5. The number of rotatable bonds is 3. The molecule has 0 radical (unpaired) electrons. The molecule has 138 valence electrons. The number of nitrogens with one attached hydrogen (secondary N) is 1. The lowest BCUT2D eigenvalue weighted by atomic mass is 9.97. The van der Waals surface area contributed by atoms with Gasteiger partial charge >= 0.3 is 0 Å². The lowest BCUT2D eigenvalue weighted by Crippen LogP contribution is -2.41. The fourth-order valence-corrected chi connectivity index (χ4v) is 3.56. The minimum atomic E-state index is -0.0476. The van der Waals surface area contributed by atoms with E-state index in [1.54, 1.807) is 0 Å². The zero-order chi connectivity index (χ0) is 18.8. The Kier molecular flexibility index (Phi) is 4.75. The van der Waals surface area contributed by atoms with E-state index in [-0.39, 0.29) is 11.8 Å². The molecule has 4 rings (SSSR count). The molecule has 1 saturated heterocycles. The van der Waals surface area contributed by atoms with E-state index in [1.165, 1.54) is 11.1 Å². The molecule has 0 spiro atoms. The average molecular weight is 360 g/mol. The number of hydrogen-bond donors (Lipinski definition) is 1. The third-order valence-corrected chi connectivity index (χ3v) is 5.33. The van der Waals surface area contributed by atoms with Gasteiger partial charge in [0.25, 0.3) is 0 Å². The molecule has 2 aromatic carbocycles. The molecular weight excluding hydrogens is 336 g/mol. The predicted octanol–water partition coefficient (Wildman–Crippen LogP) is 4.10. The molecule has 1 aromatic heterocycles. The van der Waals surface area contributed by atoms with Crippen molar-refractivity contribution in [3.63, 3.8) is 0 Å².